The minimum atomic E-state index is -4.74. The van der Waals surface area contributed by atoms with Crippen molar-refractivity contribution >= 4 is 61.8 Å². The highest BCUT2D eigenvalue weighted by Crippen LogP contribution is 2.45. The second-order valence-electron chi connectivity index (χ2n) is 17.7. The predicted molar refractivity (Wildman–Crippen MR) is 267 cm³/mol. The lowest BCUT2D eigenvalue weighted by Gasteiger charge is -2.29. The van der Waals surface area contributed by atoms with Crippen molar-refractivity contribution in [3.05, 3.63) is 54.1 Å². The first-order valence-electron chi connectivity index (χ1n) is 24.2. The van der Waals surface area contributed by atoms with E-state index in [1.165, 1.54) is 29.9 Å². The van der Waals surface area contributed by atoms with Gasteiger partial charge < -0.3 is 67.4 Å². The summed E-state index contributed by atoms with van der Waals surface area (Å²) >= 11 is 3.98. The molecule has 3 rings (SSSR count). The zero-order chi connectivity index (χ0) is 53.1. The van der Waals surface area contributed by atoms with E-state index in [2.05, 4.69) is 49.2 Å². The van der Waals surface area contributed by atoms with Gasteiger partial charge >= 0.3 is 7.82 Å². The number of likely N-dealkylation sites (tertiary alicyclic amines) is 1. The number of thiol groups is 1. The van der Waals surface area contributed by atoms with Gasteiger partial charge in [-0.3, -0.25) is 42.6 Å². The third-order valence-electron chi connectivity index (χ3n) is 11.4. The molecule has 1 aromatic carbocycles. The fraction of sp³-hybridized carbons (Fsp3) is 0.652. The number of H-pyrrole nitrogens is 1. The van der Waals surface area contributed by atoms with Crippen molar-refractivity contribution in [1.82, 2.24) is 41.5 Å². The van der Waals surface area contributed by atoms with Crippen LogP contribution in [0, 0.1) is 5.92 Å². The maximum absolute atomic E-state index is 14.0. The molecule has 0 spiro atoms. The first kappa shape index (κ1) is 61.3. The van der Waals surface area contributed by atoms with Crippen LogP contribution in [0.5, 0.6) is 0 Å². The number of carbonyl (C=O) groups is 7. The average Bonchev–Trinajstić information content (AvgIpc) is 4.06. The van der Waals surface area contributed by atoms with Gasteiger partial charge in [-0.2, -0.15) is 12.6 Å². The number of carbonyl (C=O) groups excluding carboxylic acids is 7. The first-order chi connectivity index (χ1) is 34.3. The van der Waals surface area contributed by atoms with Crippen LogP contribution in [0.2, 0.25) is 0 Å². The van der Waals surface area contributed by atoms with Crippen LogP contribution >= 0.6 is 20.5 Å². The summed E-state index contributed by atoms with van der Waals surface area (Å²) in [5.74, 6) is -5.12. The molecule has 26 heteroatoms. The molecule has 24 nitrogen and oxygen atoms in total. The quantitative estimate of drug-likeness (QED) is 0.0233. The molecule has 404 valence electrons. The van der Waals surface area contributed by atoms with Crippen LogP contribution < -0.4 is 38.1 Å². The standard InChI is InChI=1S/C46H75N10O14PS/c1-30(2)24-35(53-46(64)38-15-11-18-56(38)39(58)16-20-67-22-23-68-21-17-50-42(60)34(47)28-72)43(61)52-36(25-33-26-49-29-51-33)44(62)54-37(27-57)45(63)55-40(41(48)59)31(3)70-71(65,66)69-19-10-5-4-7-12-32-13-8-6-9-14-32/h6,8-9,13-14,26,29-31,34-38,40,57,72H,4-5,7,10-12,15-25,27-28,47H2,1-3H3,(H2,48,59)(H,49,51)(H,50,60)(H,52,61)(H,53,64)(H,54,62)(H,55,63)(H,65,66)/t31-,34+,35+,36+,37+,38+,40+/m1/s1. The molecule has 1 aliphatic rings. The molecule has 1 saturated heterocycles. The molecule has 72 heavy (non-hydrogen) atoms. The fourth-order valence-corrected chi connectivity index (χ4v) is 8.67. The van der Waals surface area contributed by atoms with Crippen LogP contribution in [0.1, 0.15) is 83.4 Å². The number of aliphatic hydroxyl groups is 1. The molecule has 12 N–H and O–H groups in total. The highest BCUT2D eigenvalue weighted by atomic mass is 32.1. The lowest BCUT2D eigenvalue weighted by atomic mass is 10.0. The molecular weight excluding hydrogens is 980 g/mol. The van der Waals surface area contributed by atoms with Gasteiger partial charge in [0, 0.05) is 37.2 Å². The second kappa shape index (κ2) is 33.0. The zero-order valence-corrected chi connectivity index (χ0v) is 43.1. The second-order valence-corrected chi connectivity index (χ2v) is 19.5. The number of aryl methyl sites for hydroxylation is 1. The highest BCUT2D eigenvalue weighted by molar-refractivity contribution is 7.80. The number of aromatic nitrogens is 2. The van der Waals surface area contributed by atoms with E-state index in [9.17, 15) is 48.1 Å². The number of nitrogens with zero attached hydrogens (tertiary/aromatic N) is 2. The topological polar surface area (TPSA) is 358 Å². The summed E-state index contributed by atoms with van der Waals surface area (Å²) in [6.45, 7) is 5.04. The molecule has 1 unspecified atom stereocenters. The molecular formula is C46H75N10O14PS. The Morgan fingerprint density at radius 2 is 1.54 bits per heavy atom. The minimum Gasteiger partial charge on any atom is -0.394 e. The molecule has 1 aliphatic heterocycles. The SMILES string of the molecule is CC(C)C[C@H](NC(=O)[C@@H]1CCCN1C(=O)CCOCCOCCNC(=O)[C@@H](N)CS)C(=O)N[C@@H](Cc1cnc[nH]1)C(=O)N[C@@H](CO)C(=O)N[C@H](C(N)=O)[C@@H](C)OP(=O)(O)OCCCCCCc1ccccc1. The normalized spacial score (nSPS) is 16.9. The smallest absolute Gasteiger partial charge is 0.394 e. The Labute approximate surface area is 425 Å². The molecule has 8 atom stereocenters. The summed E-state index contributed by atoms with van der Waals surface area (Å²) in [4.78, 5) is 111. The number of nitrogens with one attached hydrogen (secondary N) is 6. The van der Waals surface area contributed by atoms with Gasteiger partial charge in [0.05, 0.1) is 64.5 Å². The van der Waals surface area contributed by atoms with Crippen molar-refractivity contribution < 1.29 is 66.6 Å². The molecule has 1 aromatic heterocycles. The number of phosphoric ester groups is 1. The van der Waals surface area contributed by atoms with Crippen molar-refractivity contribution in [2.45, 2.75) is 127 Å². The third-order valence-corrected chi connectivity index (χ3v) is 12.9. The lowest BCUT2D eigenvalue weighted by molar-refractivity contribution is -0.140. The Bertz CT molecular complexity index is 2040. The van der Waals surface area contributed by atoms with E-state index in [1.54, 1.807) is 0 Å². The van der Waals surface area contributed by atoms with Crippen molar-refractivity contribution in [2.75, 3.05) is 58.5 Å². The molecule has 0 aliphatic carbocycles. The van der Waals surface area contributed by atoms with Crippen LogP contribution in [-0.4, -0.2) is 167 Å². The fourth-order valence-electron chi connectivity index (χ4n) is 7.54. The van der Waals surface area contributed by atoms with E-state index in [0.29, 0.717) is 31.5 Å². The van der Waals surface area contributed by atoms with Crippen molar-refractivity contribution in [3.8, 4) is 0 Å². The number of imidazole rings is 1. The monoisotopic (exact) mass is 1050 g/mol. The largest absolute Gasteiger partial charge is 0.472 e. The molecule has 0 radical (unpaired) electrons. The molecule has 0 bridgehead atoms. The number of aliphatic hydroxyl groups excluding tert-OH is 1. The van der Waals surface area contributed by atoms with Gasteiger partial charge in [0.25, 0.3) is 0 Å². The zero-order valence-electron chi connectivity index (χ0n) is 41.3. The summed E-state index contributed by atoms with van der Waals surface area (Å²) < 4.78 is 34.0. The first-order valence-corrected chi connectivity index (χ1v) is 26.4. The minimum absolute atomic E-state index is 0.0129. The van der Waals surface area contributed by atoms with Gasteiger partial charge in [-0.15, -0.1) is 0 Å². The summed E-state index contributed by atoms with van der Waals surface area (Å²) in [6, 6.07) is 2.35. The van der Waals surface area contributed by atoms with Crippen LogP contribution in [0.3, 0.4) is 0 Å². The third kappa shape index (κ3) is 22.8. The van der Waals surface area contributed by atoms with Gasteiger partial charge in [0.15, 0.2) is 0 Å². The Kier molecular flexibility index (Phi) is 28.1. The number of benzene rings is 1. The number of rotatable bonds is 36. The summed E-state index contributed by atoms with van der Waals surface area (Å²) in [5.41, 5.74) is 12.8. The summed E-state index contributed by atoms with van der Waals surface area (Å²) in [7, 11) is -4.74. The number of primary amides is 1. The Hall–Kier alpha value is -4.98. The average molecular weight is 1060 g/mol. The van der Waals surface area contributed by atoms with E-state index in [4.69, 9.17) is 30.0 Å². The molecule has 2 aromatic rings. The van der Waals surface area contributed by atoms with Crippen molar-refractivity contribution in [3.63, 3.8) is 0 Å². The van der Waals surface area contributed by atoms with E-state index in [-0.39, 0.29) is 82.3 Å². The van der Waals surface area contributed by atoms with Gasteiger partial charge in [-0.25, -0.2) is 9.55 Å². The molecule has 1 fully saturated rings. The Balaban J connectivity index is 1.55. The molecule has 2 heterocycles. The predicted octanol–water partition coefficient (Wildman–Crippen LogP) is -0.472. The number of amides is 7. The molecule has 7 amide bonds. The maximum Gasteiger partial charge on any atom is 0.472 e. The van der Waals surface area contributed by atoms with Crippen molar-refractivity contribution in [1.29, 1.82) is 0 Å². The number of nitrogens with two attached hydrogens (primary N) is 2. The Morgan fingerprint density at radius 3 is 2.19 bits per heavy atom. The lowest BCUT2D eigenvalue weighted by Crippen LogP contribution is -2.61. The summed E-state index contributed by atoms with van der Waals surface area (Å²) in [6.07, 6.45) is 5.94. The van der Waals surface area contributed by atoms with Crippen molar-refractivity contribution in [2.24, 2.45) is 17.4 Å². The van der Waals surface area contributed by atoms with Gasteiger partial charge in [-0.05, 0) is 56.9 Å². The number of ether oxygens (including phenoxy) is 2. The van der Waals surface area contributed by atoms with E-state index >= 15 is 0 Å². The van der Waals surface area contributed by atoms with Crippen LogP contribution in [-0.2, 0) is 69.5 Å². The number of aromatic amines is 1. The number of hydrogen-bond donors (Lipinski definition) is 11. The van der Waals surface area contributed by atoms with Gasteiger partial charge in [0.1, 0.15) is 30.2 Å². The number of phosphoric acid groups is 1. The molecule has 0 saturated carbocycles. The van der Waals surface area contributed by atoms with Crippen LogP contribution in [0.25, 0.3) is 0 Å². The maximum atomic E-state index is 14.0. The van der Waals surface area contributed by atoms with E-state index < -0.39 is 86.3 Å². The van der Waals surface area contributed by atoms with E-state index in [0.717, 1.165) is 25.7 Å². The van der Waals surface area contributed by atoms with Gasteiger partial charge in [0.2, 0.25) is 41.4 Å². The number of hydrogen-bond acceptors (Lipinski definition) is 16. The summed E-state index contributed by atoms with van der Waals surface area (Å²) in [5, 5.41) is 22.9. The van der Waals surface area contributed by atoms with E-state index in [1.807, 2.05) is 44.2 Å². The van der Waals surface area contributed by atoms with Crippen LogP contribution in [0.4, 0.5) is 0 Å². The number of unbranched alkanes of at least 4 members (excludes halogenated alkanes) is 3. The van der Waals surface area contributed by atoms with Gasteiger partial charge in [-0.1, -0.05) is 57.0 Å². The Morgan fingerprint density at radius 1 is 0.875 bits per heavy atom. The highest BCUT2D eigenvalue weighted by Gasteiger charge is 2.38. The van der Waals surface area contributed by atoms with Crippen LogP contribution in [0.15, 0.2) is 42.9 Å².